The molecule has 0 bridgehead atoms. The van der Waals surface area contributed by atoms with Gasteiger partial charge in [-0.1, -0.05) is 327 Å². The number of unbranched alkanes of at least 4 members (excludes halogenated alkanes) is 27. The van der Waals surface area contributed by atoms with Gasteiger partial charge in [-0.05, 0) is 77.0 Å². The number of hydrogen-bond donors (Lipinski definition) is 0. The van der Waals surface area contributed by atoms with E-state index in [-0.39, 0.29) is 41.0 Å². The van der Waals surface area contributed by atoms with E-state index in [0.717, 1.165) is 32.6 Å². The van der Waals surface area contributed by atoms with Crippen LogP contribution in [0.2, 0.25) is 0 Å². The van der Waals surface area contributed by atoms with Gasteiger partial charge in [-0.25, -0.2) is 0 Å². The summed E-state index contributed by atoms with van der Waals surface area (Å²) in [5, 5.41) is 0. The van der Waals surface area contributed by atoms with E-state index in [4.69, 9.17) is 74.5 Å². The first kappa shape index (κ1) is 86.6. The van der Waals surface area contributed by atoms with Crippen molar-refractivity contribution in [2.75, 3.05) is 19.6 Å². The zero-order valence-electron chi connectivity index (χ0n) is 55.3. The van der Waals surface area contributed by atoms with E-state index in [0.29, 0.717) is 0 Å². The molecule has 0 fully saturated rings. The van der Waals surface area contributed by atoms with Gasteiger partial charge >= 0.3 is 24.4 Å². The Morgan fingerprint density at radius 3 is 0.468 bits per heavy atom. The third kappa shape index (κ3) is 44.3. The minimum Gasteiger partial charge on any atom is -0.411 e. The standard InChI is InChI=1S/3C23H47NS2.Sb/c3*1-5-9-13-17-21-24(22(25)26)23(18-14-10-6-2,19-15-11-7-3)20-16-12-8-4;/h3*5-21H2,1-4H3,(H,25,26);/q;;;+3/p-3. The minimum atomic E-state index is 0. The normalized spacial score (nSPS) is 11.5. The van der Waals surface area contributed by atoms with E-state index in [1.54, 1.807) is 0 Å². The van der Waals surface area contributed by atoms with Gasteiger partial charge in [0.05, 0.1) is 0 Å². The minimum absolute atomic E-state index is 0. The molecule has 0 atom stereocenters. The quantitative estimate of drug-likeness (QED) is 0.0253. The van der Waals surface area contributed by atoms with Crippen LogP contribution in [-0.4, -0.2) is 88.3 Å². The second kappa shape index (κ2) is 62.2. The smallest absolute Gasteiger partial charge is 0.411 e. The van der Waals surface area contributed by atoms with E-state index in [9.17, 15) is 0 Å². The zero-order valence-corrected chi connectivity index (χ0v) is 62.8. The van der Waals surface area contributed by atoms with Crippen LogP contribution in [0.15, 0.2) is 0 Å². The van der Waals surface area contributed by atoms with Crippen LogP contribution in [0.4, 0.5) is 0 Å². The summed E-state index contributed by atoms with van der Waals surface area (Å²) in [7, 11) is 0. The summed E-state index contributed by atoms with van der Waals surface area (Å²) >= 11 is 33.7. The summed E-state index contributed by atoms with van der Waals surface area (Å²) in [6.45, 7) is 30.8. The van der Waals surface area contributed by atoms with Crippen molar-refractivity contribution in [3.8, 4) is 0 Å². The van der Waals surface area contributed by atoms with Gasteiger partial charge < -0.3 is 89.2 Å². The first-order chi connectivity index (χ1) is 37.7. The molecule has 0 spiro atoms. The molecule has 0 aliphatic rings. The van der Waals surface area contributed by atoms with Gasteiger partial charge in [0.25, 0.3) is 0 Å². The Kier molecular flexibility index (Phi) is 68.2. The summed E-state index contributed by atoms with van der Waals surface area (Å²) in [5.41, 5.74) is 0.680. The Morgan fingerprint density at radius 1 is 0.228 bits per heavy atom. The number of rotatable bonds is 54. The van der Waals surface area contributed by atoms with Crippen molar-refractivity contribution in [2.45, 2.75) is 408 Å². The van der Waals surface area contributed by atoms with E-state index < -0.39 is 0 Å². The van der Waals surface area contributed by atoms with Crippen LogP contribution >= 0.6 is 36.7 Å². The fourth-order valence-corrected chi connectivity index (χ4v) is 14.0. The van der Waals surface area contributed by atoms with Gasteiger partial charge in [0.2, 0.25) is 0 Å². The summed E-state index contributed by atoms with van der Waals surface area (Å²) in [6, 6.07) is 0. The van der Waals surface area contributed by atoms with Gasteiger partial charge in [0, 0.05) is 36.3 Å². The van der Waals surface area contributed by atoms with E-state index in [2.05, 4.69) is 97.8 Å². The van der Waals surface area contributed by atoms with E-state index >= 15 is 0 Å². The van der Waals surface area contributed by atoms with Crippen molar-refractivity contribution in [3.05, 3.63) is 0 Å². The molecule has 0 saturated carbocycles. The van der Waals surface area contributed by atoms with Crippen molar-refractivity contribution >= 4 is 112 Å². The number of thiocarbonyl (C=S) groups is 3. The van der Waals surface area contributed by atoms with E-state index in [1.807, 2.05) is 0 Å². The SMILES string of the molecule is CCCCCCN(C(=S)[S-])C(CCCCC)(CCCCC)CCCCC.CCCCCCN(C(=S)[S-])C(CCCCC)(CCCCC)CCCCC.CCCCCCN(C(=S)[S-])C(CCCCC)(CCCCC)CCCCC.[Sb+3]. The fraction of sp³-hybridized carbons (Fsp3) is 0.957. The predicted octanol–water partition coefficient (Wildman–Crippen LogP) is 24.2. The summed E-state index contributed by atoms with van der Waals surface area (Å²) in [5.74, 6) is 0. The molecule has 3 nitrogen and oxygen atoms in total. The molecular weight excluding hydrogens is 1180 g/mol. The second-order valence-electron chi connectivity index (χ2n) is 24.2. The van der Waals surface area contributed by atoms with Crippen molar-refractivity contribution in [1.82, 2.24) is 14.7 Å². The molecule has 0 heterocycles. The molecule has 10 heteroatoms. The maximum absolute atomic E-state index is 5.62. The third-order valence-electron chi connectivity index (χ3n) is 17.3. The summed E-state index contributed by atoms with van der Waals surface area (Å²) in [4.78, 5) is 7.52. The average Bonchev–Trinajstić information content (AvgIpc) is 3.41. The van der Waals surface area contributed by atoms with Gasteiger partial charge in [-0.3, -0.25) is 0 Å². The monoisotopic (exact) mass is 1320 g/mol. The Bertz CT molecular complexity index is 1070. The molecular formula is C69H138N3S6Sb. The first-order valence-electron chi connectivity index (χ1n) is 34.7. The molecule has 0 unspecified atom stereocenters. The van der Waals surface area contributed by atoms with Gasteiger partial charge in [-0.2, -0.15) is 0 Å². The molecule has 0 aromatic carbocycles. The number of nitrogens with zero attached hydrogens (tertiary/aromatic N) is 3. The largest absolute Gasteiger partial charge is 3.00 e. The Hall–Kier alpha value is 1.15. The topological polar surface area (TPSA) is 9.72 Å². The van der Waals surface area contributed by atoms with Crippen molar-refractivity contribution in [3.63, 3.8) is 0 Å². The van der Waals surface area contributed by atoms with Gasteiger partial charge in [-0.15, -0.1) is 0 Å². The predicted molar refractivity (Wildman–Crippen MR) is 384 cm³/mol. The van der Waals surface area contributed by atoms with Crippen LogP contribution in [0.25, 0.3) is 0 Å². The number of hydrogen-bond acceptors (Lipinski definition) is 6. The molecule has 2 radical (unpaired) electrons. The van der Waals surface area contributed by atoms with Crippen LogP contribution in [0, 0.1) is 0 Å². The second-order valence-corrected chi connectivity index (χ2v) is 27.3. The van der Waals surface area contributed by atoms with Crippen molar-refractivity contribution in [2.24, 2.45) is 0 Å². The first-order valence-corrected chi connectivity index (χ1v) is 37.1. The van der Waals surface area contributed by atoms with Gasteiger partial charge in [0.1, 0.15) is 0 Å². The maximum atomic E-state index is 5.62. The molecule has 0 saturated heterocycles. The van der Waals surface area contributed by atoms with Crippen LogP contribution in [0.1, 0.15) is 391 Å². The molecule has 0 aliphatic carbocycles. The Labute approximate surface area is 549 Å². The van der Waals surface area contributed by atoms with Crippen LogP contribution in [0.3, 0.4) is 0 Å². The van der Waals surface area contributed by atoms with Crippen molar-refractivity contribution in [1.29, 1.82) is 0 Å². The summed E-state index contributed by atoms with van der Waals surface area (Å²) < 4.78 is 2.18. The molecule has 0 aliphatic heterocycles. The van der Waals surface area contributed by atoms with Crippen LogP contribution in [0.5, 0.6) is 0 Å². The summed E-state index contributed by atoms with van der Waals surface area (Å²) in [6.07, 6.45) is 62.4. The van der Waals surface area contributed by atoms with Crippen LogP contribution < -0.4 is 0 Å². The fourth-order valence-electron chi connectivity index (χ4n) is 12.3. The third-order valence-corrected chi connectivity index (χ3v) is 18.6. The average molecular weight is 1320 g/mol. The molecule has 0 aromatic rings. The zero-order chi connectivity index (χ0) is 59.0. The van der Waals surface area contributed by atoms with Crippen LogP contribution in [-0.2, 0) is 37.9 Å². The molecule has 0 amide bonds. The molecule has 0 N–H and O–H groups in total. The molecule has 470 valence electrons. The Morgan fingerprint density at radius 2 is 0.354 bits per heavy atom. The molecule has 79 heavy (non-hydrogen) atoms. The van der Waals surface area contributed by atoms with Gasteiger partial charge in [0.15, 0.2) is 0 Å². The molecule has 0 rings (SSSR count). The van der Waals surface area contributed by atoms with E-state index in [1.165, 1.54) is 308 Å². The Balaban J connectivity index is -0.000000531. The van der Waals surface area contributed by atoms with Crippen molar-refractivity contribution < 1.29 is 0 Å². The molecule has 0 aromatic heterocycles. The maximum Gasteiger partial charge on any atom is 3.00 e.